The van der Waals surface area contributed by atoms with Crippen LogP contribution in [0.4, 0.5) is 5.82 Å². The maximum Gasteiger partial charge on any atom is 0.156 e. The fourth-order valence-electron chi connectivity index (χ4n) is 1.14. The molecule has 0 aromatic carbocycles. The molecule has 2 rings (SSSR count). The zero-order chi connectivity index (χ0) is 7.68. The molecule has 0 aliphatic carbocycles. The predicted molar refractivity (Wildman–Crippen MR) is 47.0 cm³/mol. The van der Waals surface area contributed by atoms with Crippen molar-refractivity contribution in [1.82, 2.24) is 10.3 Å². The Kier molecular flexibility index (Phi) is 1.58. The van der Waals surface area contributed by atoms with Crippen LogP contribution in [0.15, 0.2) is 18.3 Å². The first kappa shape index (κ1) is 6.73. The molecule has 0 N–H and O–H groups in total. The number of aryl methyl sites for hydroxylation is 1. The molecule has 0 atom stereocenters. The van der Waals surface area contributed by atoms with Crippen molar-refractivity contribution >= 4 is 23.0 Å². The van der Waals surface area contributed by atoms with Gasteiger partial charge in [0.25, 0.3) is 0 Å². The van der Waals surface area contributed by atoms with Gasteiger partial charge in [0, 0.05) is 12.6 Å². The molecule has 1 aromatic rings. The molecule has 55 valence electrons. The van der Waals surface area contributed by atoms with E-state index < -0.39 is 0 Å². The van der Waals surface area contributed by atoms with Crippen LogP contribution in [0, 0.1) is 0 Å². The number of hydrogen-bond acceptors (Lipinski definition) is 2. The highest BCUT2D eigenvalue weighted by atomic mass is 32.1. The van der Waals surface area contributed by atoms with E-state index in [2.05, 4.69) is 10.3 Å². The predicted octanol–water partition coefficient (Wildman–Crippen LogP) is 1.59. The third-order valence-electron chi connectivity index (χ3n) is 1.71. The van der Waals surface area contributed by atoms with Gasteiger partial charge in [-0.1, -0.05) is 18.3 Å². The maximum atomic E-state index is 4.98. The van der Waals surface area contributed by atoms with E-state index in [1.54, 1.807) is 6.20 Å². The van der Waals surface area contributed by atoms with Crippen molar-refractivity contribution in [1.29, 1.82) is 0 Å². The van der Waals surface area contributed by atoms with Crippen LogP contribution in [0.5, 0.6) is 0 Å². The Hall–Kier alpha value is -0.960. The Morgan fingerprint density at radius 2 is 2.27 bits per heavy atom. The van der Waals surface area contributed by atoms with Crippen LogP contribution in [-0.4, -0.2) is 9.97 Å². The van der Waals surface area contributed by atoms with Crippen molar-refractivity contribution in [2.75, 3.05) is 0 Å². The third kappa shape index (κ3) is 1.24. The van der Waals surface area contributed by atoms with Gasteiger partial charge in [0.2, 0.25) is 0 Å². The van der Waals surface area contributed by atoms with Gasteiger partial charge in [-0.2, -0.15) is 0 Å². The fraction of sp³-hybridized carbons (Fsp3) is 0.250. The standard InChI is InChI=1S/C8H7N2S/c11-7-4-3-6-2-1-5-9-8(6)10-7/h1-2,5H,3-4H2. The van der Waals surface area contributed by atoms with Gasteiger partial charge in [0.1, 0.15) is 4.99 Å². The van der Waals surface area contributed by atoms with E-state index in [1.807, 2.05) is 12.1 Å². The first-order valence-electron chi connectivity index (χ1n) is 3.55. The lowest BCUT2D eigenvalue weighted by Crippen LogP contribution is -2.16. The van der Waals surface area contributed by atoms with E-state index in [9.17, 15) is 0 Å². The molecule has 1 radical (unpaired) electrons. The number of fused-ring (bicyclic) bond motifs is 1. The van der Waals surface area contributed by atoms with Crippen LogP contribution in [0.2, 0.25) is 0 Å². The van der Waals surface area contributed by atoms with E-state index in [1.165, 1.54) is 5.56 Å². The molecule has 1 aromatic heterocycles. The van der Waals surface area contributed by atoms with Crippen LogP contribution in [0.1, 0.15) is 12.0 Å². The Bertz CT molecular complexity index is 296. The van der Waals surface area contributed by atoms with Crippen LogP contribution in [-0.2, 0) is 6.42 Å². The molecule has 2 heterocycles. The van der Waals surface area contributed by atoms with Crippen LogP contribution in [0.25, 0.3) is 0 Å². The lowest BCUT2D eigenvalue weighted by molar-refractivity contribution is 0.927. The Balaban J connectivity index is 2.41. The largest absolute Gasteiger partial charge is 0.237 e. The number of hydrogen-bond donors (Lipinski definition) is 0. The van der Waals surface area contributed by atoms with Gasteiger partial charge in [-0.05, 0) is 18.1 Å². The van der Waals surface area contributed by atoms with Gasteiger partial charge in [-0.3, -0.25) is 0 Å². The topological polar surface area (TPSA) is 27.0 Å². The molecule has 1 aliphatic heterocycles. The van der Waals surface area contributed by atoms with Crippen LogP contribution < -0.4 is 5.32 Å². The van der Waals surface area contributed by atoms with Crippen molar-refractivity contribution in [3.05, 3.63) is 23.9 Å². The van der Waals surface area contributed by atoms with E-state index in [-0.39, 0.29) is 0 Å². The average molecular weight is 163 g/mol. The first-order chi connectivity index (χ1) is 5.36. The van der Waals surface area contributed by atoms with Gasteiger partial charge in [-0.25, -0.2) is 10.3 Å². The van der Waals surface area contributed by atoms with Gasteiger partial charge in [0.15, 0.2) is 5.82 Å². The fourth-order valence-corrected chi connectivity index (χ4v) is 1.33. The lowest BCUT2D eigenvalue weighted by atomic mass is 10.1. The SMILES string of the molecule is S=C1CCc2cccnc2[N]1. The minimum Gasteiger partial charge on any atom is -0.237 e. The molecular weight excluding hydrogens is 156 g/mol. The summed E-state index contributed by atoms with van der Waals surface area (Å²) < 4.78 is 0. The van der Waals surface area contributed by atoms with Gasteiger partial charge < -0.3 is 0 Å². The Morgan fingerprint density at radius 1 is 1.36 bits per heavy atom. The molecule has 3 heteroatoms. The normalized spacial score (nSPS) is 15.5. The minimum atomic E-state index is 0.774. The number of thiocarbonyl (C=S) groups is 1. The van der Waals surface area contributed by atoms with E-state index in [4.69, 9.17) is 12.2 Å². The Morgan fingerprint density at radius 3 is 3.18 bits per heavy atom. The third-order valence-corrected chi connectivity index (χ3v) is 2.00. The highest BCUT2D eigenvalue weighted by Crippen LogP contribution is 2.19. The molecule has 0 bridgehead atoms. The minimum absolute atomic E-state index is 0.774. The second-order valence-corrected chi connectivity index (χ2v) is 2.96. The number of aromatic nitrogens is 1. The Labute approximate surface area is 70.6 Å². The lowest BCUT2D eigenvalue weighted by Gasteiger charge is -2.13. The van der Waals surface area contributed by atoms with Crippen molar-refractivity contribution in [3.8, 4) is 0 Å². The molecule has 0 amide bonds. The molecule has 0 saturated heterocycles. The molecule has 2 nitrogen and oxygen atoms in total. The summed E-state index contributed by atoms with van der Waals surface area (Å²) in [6, 6.07) is 3.98. The molecule has 0 saturated carbocycles. The number of pyridine rings is 1. The van der Waals surface area contributed by atoms with Gasteiger partial charge >= 0.3 is 0 Å². The second-order valence-electron chi connectivity index (χ2n) is 2.49. The molecule has 0 unspecified atom stereocenters. The van der Waals surface area contributed by atoms with Gasteiger partial charge in [0.05, 0.1) is 0 Å². The summed E-state index contributed by atoms with van der Waals surface area (Å²) in [4.78, 5) is 4.89. The van der Waals surface area contributed by atoms with Crippen molar-refractivity contribution in [3.63, 3.8) is 0 Å². The summed E-state index contributed by atoms with van der Waals surface area (Å²) in [5.74, 6) is 0.809. The van der Waals surface area contributed by atoms with Crippen LogP contribution in [0.3, 0.4) is 0 Å². The summed E-state index contributed by atoms with van der Waals surface area (Å²) in [5, 5.41) is 4.17. The first-order valence-corrected chi connectivity index (χ1v) is 3.95. The summed E-state index contributed by atoms with van der Waals surface area (Å²) in [6.45, 7) is 0. The van der Waals surface area contributed by atoms with Crippen molar-refractivity contribution in [2.24, 2.45) is 0 Å². The molecule has 0 spiro atoms. The molecule has 1 aliphatic rings. The zero-order valence-corrected chi connectivity index (χ0v) is 6.77. The van der Waals surface area contributed by atoms with E-state index >= 15 is 0 Å². The van der Waals surface area contributed by atoms with Crippen LogP contribution >= 0.6 is 12.2 Å². The quantitative estimate of drug-likeness (QED) is 0.543. The highest BCUT2D eigenvalue weighted by molar-refractivity contribution is 7.80. The number of nitrogens with zero attached hydrogens (tertiary/aromatic N) is 2. The van der Waals surface area contributed by atoms with E-state index in [0.29, 0.717) is 0 Å². The smallest absolute Gasteiger partial charge is 0.156 e. The second kappa shape index (κ2) is 2.58. The number of rotatable bonds is 0. The average Bonchev–Trinajstić information content (AvgIpc) is 2.04. The van der Waals surface area contributed by atoms with E-state index in [0.717, 1.165) is 23.6 Å². The summed E-state index contributed by atoms with van der Waals surface area (Å²) in [6.07, 6.45) is 3.63. The van der Waals surface area contributed by atoms with Crippen molar-refractivity contribution in [2.45, 2.75) is 12.8 Å². The monoisotopic (exact) mass is 163 g/mol. The van der Waals surface area contributed by atoms with Crippen molar-refractivity contribution < 1.29 is 0 Å². The highest BCUT2D eigenvalue weighted by Gasteiger charge is 2.13. The summed E-state index contributed by atoms with van der Waals surface area (Å²) in [7, 11) is 0. The van der Waals surface area contributed by atoms with Gasteiger partial charge in [-0.15, -0.1) is 0 Å². The molecular formula is C8H7N2S. The summed E-state index contributed by atoms with van der Waals surface area (Å²) in [5.41, 5.74) is 1.21. The zero-order valence-electron chi connectivity index (χ0n) is 5.95. The summed E-state index contributed by atoms with van der Waals surface area (Å²) >= 11 is 4.98. The maximum absolute atomic E-state index is 4.98. The molecule has 0 fully saturated rings. The molecule has 11 heavy (non-hydrogen) atoms.